The summed E-state index contributed by atoms with van der Waals surface area (Å²) in [7, 11) is 0. The fourth-order valence-corrected chi connectivity index (χ4v) is 4.51. The standard InChI is InChI=1S/C16H26N4/c1-2-6-16(5-1)7-4-14-13(12-16)15(19-18-14)20-10-3-8-17-9-11-20/h17H,1-12H2,(H,18,19). The predicted octanol–water partition coefficient (Wildman–Crippen LogP) is 2.26. The highest BCUT2D eigenvalue weighted by Gasteiger charge is 2.39. The topological polar surface area (TPSA) is 44.0 Å². The molecule has 2 N–H and O–H groups in total. The number of H-pyrrole nitrogens is 1. The van der Waals surface area contributed by atoms with Gasteiger partial charge in [0.2, 0.25) is 0 Å². The lowest BCUT2D eigenvalue weighted by molar-refractivity contribution is 0.254. The van der Waals surface area contributed by atoms with E-state index in [0.29, 0.717) is 5.41 Å². The smallest absolute Gasteiger partial charge is 0.153 e. The average Bonchev–Trinajstić information content (AvgIpc) is 2.99. The van der Waals surface area contributed by atoms with Crippen LogP contribution < -0.4 is 10.2 Å². The lowest BCUT2D eigenvalue weighted by atomic mass is 9.72. The molecule has 3 aliphatic rings. The van der Waals surface area contributed by atoms with Crippen LogP contribution in [-0.2, 0) is 12.8 Å². The molecule has 110 valence electrons. The zero-order valence-electron chi connectivity index (χ0n) is 12.4. The van der Waals surface area contributed by atoms with Crippen molar-refractivity contribution in [2.75, 3.05) is 31.1 Å². The third-order valence-electron chi connectivity index (χ3n) is 5.69. The number of hydrogen-bond donors (Lipinski definition) is 2. The van der Waals surface area contributed by atoms with Crippen LogP contribution in [0.15, 0.2) is 0 Å². The Bertz CT molecular complexity index is 465. The van der Waals surface area contributed by atoms with Gasteiger partial charge in [0, 0.05) is 30.9 Å². The van der Waals surface area contributed by atoms with E-state index in [4.69, 9.17) is 5.10 Å². The van der Waals surface area contributed by atoms with E-state index in [1.165, 1.54) is 62.9 Å². The van der Waals surface area contributed by atoms with Crippen molar-refractivity contribution in [1.29, 1.82) is 0 Å². The van der Waals surface area contributed by atoms with Gasteiger partial charge in [0.15, 0.2) is 5.82 Å². The summed E-state index contributed by atoms with van der Waals surface area (Å²) in [6.07, 6.45) is 10.9. The molecule has 0 atom stereocenters. The highest BCUT2D eigenvalue weighted by molar-refractivity contribution is 5.51. The van der Waals surface area contributed by atoms with Gasteiger partial charge in [0.25, 0.3) is 0 Å². The summed E-state index contributed by atoms with van der Waals surface area (Å²) in [4.78, 5) is 2.50. The van der Waals surface area contributed by atoms with E-state index in [0.717, 1.165) is 26.2 Å². The largest absolute Gasteiger partial charge is 0.354 e. The maximum atomic E-state index is 4.69. The van der Waals surface area contributed by atoms with Crippen LogP contribution in [0, 0.1) is 5.41 Å². The van der Waals surface area contributed by atoms with Crippen molar-refractivity contribution >= 4 is 5.82 Å². The normalized spacial score (nSPS) is 25.7. The van der Waals surface area contributed by atoms with Crippen LogP contribution in [0.1, 0.15) is 49.8 Å². The summed E-state index contributed by atoms with van der Waals surface area (Å²) in [5, 5.41) is 11.5. The van der Waals surface area contributed by atoms with Crippen LogP contribution in [-0.4, -0.2) is 36.4 Å². The molecule has 1 aliphatic heterocycles. The Kier molecular flexibility index (Phi) is 3.21. The molecule has 1 spiro atoms. The third-order valence-corrected chi connectivity index (χ3v) is 5.69. The molecule has 0 amide bonds. The van der Waals surface area contributed by atoms with E-state index in [2.05, 4.69) is 15.3 Å². The van der Waals surface area contributed by atoms with Gasteiger partial charge >= 0.3 is 0 Å². The minimum absolute atomic E-state index is 0.621. The molecule has 20 heavy (non-hydrogen) atoms. The third kappa shape index (κ3) is 2.14. The van der Waals surface area contributed by atoms with Gasteiger partial charge in [-0.25, -0.2) is 0 Å². The van der Waals surface area contributed by atoms with Gasteiger partial charge in [-0.15, -0.1) is 0 Å². The van der Waals surface area contributed by atoms with Crippen molar-refractivity contribution in [2.24, 2.45) is 5.41 Å². The summed E-state index contributed by atoms with van der Waals surface area (Å²) >= 11 is 0. The van der Waals surface area contributed by atoms with Gasteiger partial charge in [-0.3, -0.25) is 5.10 Å². The Hall–Kier alpha value is -1.03. The number of fused-ring (bicyclic) bond motifs is 1. The highest BCUT2D eigenvalue weighted by atomic mass is 15.3. The van der Waals surface area contributed by atoms with E-state index >= 15 is 0 Å². The molecule has 4 heteroatoms. The summed E-state index contributed by atoms with van der Waals surface area (Å²) < 4.78 is 0. The van der Waals surface area contributed by atoms with E-state index < -0.39 is 0 Å². The molecule has 4 nitrogen and oxygen atoms in total. The van der Waals surface area contributed by atoms with Crippen LogP contribution in [0.25, 0.3) is 0 Å². The Morgan fingerprint density at radius 2 is 1.90 bits per heavy atom. The number of rotatable bonds is 1. The first-order valence-electron chi connectivity index (χ1n) is 8.38. The zero-order valence-corrected chi connectivity index (χ0v) is 12.4. The SMILES string of the molecule is C1CNCCN(c2n[nH]c3c2CC2(CCCC2)CC3)C1. The van der Waals surface area contributed by atoms with Crippen LogP contribution in [0.2, 0.25) is 0 Å². The number of nitrogens with one attached hydrogen (secondary N) is 2. The Morgan fingerprint density at radius 3 is 2.80 bits per heavy atom. The monoisotopic (exact) mass is 274 g/mol. The van der Waals surface area contributed by atoms with E-state index in [1.54, 1.807) is 5.56 Å². The summed E-state index contributed by atoms with van der Waals surface area (Å²) in [6, 6.07) is 0. The Morgan fingerprint density at radius 1 is 1.00 bits per heavy atom. The van der Waals surface area contributed by atoms with E-state index in [-0.39, 0.29) is 0 Å². The lowest BCUT2D eigenvalue weighted by Gasteiger charge is -2.34. The molecule has 1 saturated carbocycles. The van der Waals surface area contributed by atoms with Crippen LogP contribution in [0.4, 0.5) is 5.82 Å². The first-order valence-corrected chi connectivity index (χ1v) is 8.38. The number of aromatic amines is 1. The molecule has 0 bridgehead atoms. The van der Waals surface area contributed by atoms with Gasteiger partial charge in [-0.1, -0.05) is 12.8 Å². The molecule has 2 aliphatic carbocycles. The Balaban J connectivity index is 1.61. The molecule has 2 fully saturated rings. The summed E-state index contributed by atoms with van der Waals surface area (Å²) in [5.41, 5.74) is 3.60. The molecule has 0 unspecified atom stereocenters. The molecule has 4 rings (SSSR count). The van der Waals surface area contributed by atoms with Crippen molar-refractivity contribution in [3.63, 3.8) is 0 Å². The van der Waals surface area contributed by atoms with Crippen molar-refractivity contribution in [3.8, 4) is 0 Å². The molecular weight excluding hydrogens is 248 g/mol. The van der Waals surface area contributed by atoms with Crippen LogP contribution in [0.5, 0.6) is 0 Å². The van der Waals surface area contributed by atoms with Crippen molar-refractivity contribution in [1.82, 2.24) is 15.5 Å². The van der Waals surface area contributed by atoms with Gasteiger partial charge in [-0.2, -0.15) is 5.10 Å². The number of aryl methyl sites for hydroxylation is 1. The van der Waals surface area contributed by atoms with Gasteiger partial charge < -0.3 is 10.2 Å². The summed E-state index contributed by atoms with van der Waals surface area (Å²) in [6.45, 7) is 4.49. The molecule has 1 aromatic heterocycles. The lowest BCUT2D eigenvalue weighted by Crippen LogP contribution is -2.31. The second kappa shape index (κ2) is 5.06. The number of hydrogen-bond acceptors (Lipinski definition) is 3. The van der Waals surface area contributed by atoms with Gasteiger partial charge in [0.1, 0.15) is 0 Å². The molecule has 2 heterocycles. The van der Waals surface area contributed by atoms with Gasteiger partial charge in [0.05, 0.1) is 0 Å². The minimum atomic E-state index is 0.621. The minimum Gasteiger partial charge on any atom is -0.354 e. The number of anilines is 1. The first-order chi connectivity index (χ1) is 9.86. The molecule has 1 aromatic rings. The zero-order chi connectivity index (χ0) is 13.4. The maximum absolute atomic E-state index is 4.69. The second-order valence-corrected chi connectivity index (χ2v) is 6.98. The predicted molar refractivity (Wildman–Crippen MR) is 81.2 cm³/mol. The van der Waals surface area contributed by atoms with Crippen LogP contribution >= 0.6 is 0 Å². The number of nitrogens with zero attached hydrogens (tertiary/aromatic N) is 2. The second-order valence-electron chi connectivity index (χ2n) is 6.98. The quantitative estimate of drug-likeness (QED) is 0.825. The van der Waals surface area contributed by atoms with Crippen molar-refractivity contribution < 1.29 is 0 Å². The van der Waals surface area contributed by atoms with E-state index in [9.17, 15) is 0 Å². The number of aromatic nitrogens is 2. The molecule has 1 saturated heterocycles. The molecule has 0 aromatic carbocycles. The van der Waals surface area contributed by atoms with Crippen LogP contribution in [0.3, 0.4) is 0 Å². The van der Waals surface area contributed by atoms with E-state index in [1.807, 2.05) is 0 Å². The van der Waals surface area contributed by atoms with Crippen molar-refractivity contribution in [3.05, 3.63) is 11.3 Å². The Labute approximate surface area is 121 Å². The maximum Gasteiger partial charge on any atom is 0.153 e. The molecule has 0 radical (unpaired) electrons. The van der Waals surface area contributed by atoms with Gasteiger partial charge in [-0.05, 0) is 50.5 Å². The molecular formula is C16H26N4. The highest BCUT2D eigenvalue weighted by Crippen LogP contribution is 2.49. The summed E-state index contributed by atoms with van der Waals surface area (Å²) in [5.74, 6) is 1.27. The fourth-order valence-electron chi connectivity index (χ4n) is 4.51. The van der Waals surface area contributed by atoms with Crippen molar-refractivity contribution in [2.45, 2.75) is 51.4 Å². The average molecular weight is 274 g/mol. The first kappa shape index (κ1) is 12.7. The fraction of sp³-hybridized carbons (Fsp3) is 0.812.